The van der Waals surface area contributed by atoms with Gasteiger partial charge in [-0.2, -0.15) is 20.1 Å². The average Bonchev–Trinajstić information content (AvgIpc) is 3.33. The lowest BCUT2D eigenvalue weighted by molar-refractivity contribution is 0.0928. The zero-order valence-electron chi connectivity index (χ0n) is 15.3. The minimum absolute atomic E-state index is 0.153. The number of hydrogen-bond acceptors (Lipinski definition) is 7. The Morgan fingerprint density at radius 3 is 2.89 bits per heavy atom. The number of ether oxygens (including phenoxy) is 1. The molecular weight excluding hydrogens is 380 g/mol. The van der Waals surface area contributed by atoms with Gasteiger partial charge in [0.25, 0.3) is 5.91 Å². The molecule has 1 atom stereocenters. The molecule has 1 amide bonds. The lowest BCUT2D eigenvalue weighted by Gasteiger charge is -2.18. The Bertz CT molecular complexity index is 837. The third-order valence-electron chi connectivity index (χ3n) is 3.86. The number of carbonyl (C=O) groups excluding carboxylic acids is 1. The van der Waals surface area contributed by atoms with Gasteiger partial charge in [-0.05, 0) is 54.1 Å². The van der Waals surface area contributed by atoms with Crippen LogP contribution in [0.25, 0.3) is 0 Å². The molecule has 0 radical (unpaired) electrons. The Balaban J connectivity index is 1.48. The van der Waals surface area contributed by atoms with Gasteiger partial charge in [-0.15, -0.1) is 0 Å². The van der Waals surface area contributed by atoms with Crippen molar-refractivity contribution in [2.75, 3.05) is 13.6 Å². The van der Waals surface area contributed by atoms with E-state index in [0.717, 1.165) is 30.6 Å². The summed E-state index contributed by atoms with van der Waals surface area (Å²) in [5.41, 5.74) is 2.85. The highest BCUT2D eigenvalue weighted by atomic mass is 32.1. The topological polar surface area (TPSA) is 67.3 Å². The van der Waals surface area contributed by atoms with E-state index in [1.54, 1.807) is 11.3 Å². The predicted octanol–water partition coefficient (Wildman–Crippen LogP) is 3.43. The third kappa shape index (κ3) is 6.13. The van der Waals surface area contributed by atoms with Crippen LogP contribution in [0.4, 0.5) is 0 Å². The molecule has 2 heterocycles. The highest BCUT2D eigenvalue weighted by Crippen LogP contribution is 2.17. The second-order valence-electron chi connectivity index (χ2n) is 6.38. The molecule has 0 saturated heterocycles. The molecule has 27 heavy (non-hydrogen) atoms. The molecule has 142 valence electrons. The SMILES string of the molecule is CC(CNC(=O)c1cnsn1)Oc1cccc(CN(C)Cc2ccsc2)c1. The number of benzene rings is 1. The maximum Gasteiger partial charge on any atom is 0.272 e. The number of aromatic nitrogens is 2. The Morgan fingerprint density at radius 2 is 2.15 bits per heavy atom. The smallest absolute Gasteiger partial charge is 0.272 e. The van der Waals surface area contributed by atoms with Crippen LogP contribution in [0.15, 0.2) is 47.3 Å². The molecule has 0 spiro atoms. The van der Waals surface area contributed by atoms with Crippen molar-refractivity contribution in [1.82, 2.24) is 19.0 Å². The summed E-state index contributed by atoms with van der Waals surface area (Å²) in [7, 11) is 2.11. The molecule has 1 N–H and O–H groups in total. The fraction of sp³-hybridized carbons (Fsp3) is 0.316. The first-order valence-corrected chi connectivity index (χ1v) is 10.3. The van der Waals surface area contributed by atoms with Crippen molar-refractivity contribution in [3.05, 3.63) is 64.1 Å². The minimum atomic E-state index is -0.233. The monoisotopic (exact) mass is 402 g/mol. The zero-order valence-corrected chi connectivity index (χ0v) is 16.9. The van der Waals surface area contributed by atoms with E-state index in [4.69, 9.17) is 4.74 Å². The van der Waals surface area contributed by atoms with Crippen molar-refractivity contribution < 1.29 is 9.53 Å². The van der Waals surface area contributed by atoms with Gasteiger partial charge in [-0.25, -0.2) is 0 Å². The van der Waals surface area contributed by atoms with Crippen molar-refractivity contribution >= 4 is 29.0 Å². The quantitative estimate of drug-likeness (QED) is 0.594. The molecule has 3 rings (SSSR count). The highest BCUT2D eigenvalue weighted by Gasteiger charge is 2.11. The van der Waals surface area contributed by atoms with E-state index in [0.29, 0.717) is 12.2 Å². The Kier molecular flexibility index (Phi) is 6.92. The number of hydrogen-bond donors (Lipinski definition) is 1. The summed E-state index contributed by atoms with van der Waals surface area (Å²) in [6, 6.07) is 10.2. The third-order valence-corrected chi connectivity index (χ3v) is 5.07. The van der Waals surface area contributed by atoms with Crippen LogP contribution in [-0.4, -0.2) is 39.3 Å². The maximum absolute atomic E-state index is 11.9. The van der Waals surface area contributed by atoms with Crippen LogP contribution in [-0.2, 0) is 13.1 Å². The van der Waals surface area contributed by atoms with Gasteiger partial charge in [0.1, 0.15) is 11.9 Å². The van der Waals surface area contributed by atoms with Crippen molar-refractivity contribution in [2.24, 2.45) is 0 Å². The first-order chi connectivity index (χ1) is 13.1. The lowest BCUT2D eigenvalue weighted by Crippen LogP contribution is -2.33. The first kappa shape index (κ1) is 19.5. The minimum Gasteiger partial charge on any atom is -0.489 e. The summed E-state index contributed by atoms with van der Waals surface area (Å²) in [4.78, 5) is 14.2. The largest absolute Gasteiger partial charge is 0.489 e. The molecule has 1 aromatic carbocycles. The number of rotatable bonds is 9. The molecule has 0 aliphatic heterocycles. The molecule has 0 aliphatic rings. The highest BCUT2D eigenvalue weighted by molar-refractivity contribution is 7.07. The Labute approximate surface area is 167 Å². The van der Waals surface area contributed by atoms with Gasteiger partial charge in [0.05, 0.1) is 24.5 Å². The first-order valence-electron chi connectivity index (χ1n) is 8.61. The van der Waals surface area contributed by atoms with Gasteiger partial charge in [0.15, 0.2) is 5.69 Å². The van der Waals surface area contributed by atoms with Crippen molar-refractivity contribution in [2.45, 2.75) is 26.1 Å². The van der Waals surface area contributed by atoms with Crippen LogP contribution in [0.2, 0.25) is 0 Å². The molecule has 1 unspecified atom stereocenters. The standard InChI is InChI=1S/C19H22N4O2S2/c1-14(9-20-19(24)18-10-21-27-22-18)25-17-5-3-4-15(8-17)11-23(2)12-16-6-7-26-13-16/h3-8,10,13-14H,9,11-12H2,1-2H3,(H,20,24). The van der Waals surface area contributed by atoms with E-state index >= 15 is 0 Å². The van der Waals surface area contributed by atoms with E-state index in [-0.39, 0.29) is 12.0 Å². The summed E-state index contributed by atoms with van der Waals surface area (Å²) in [6.45, 7) is 4.09. The van der Waals surface area contributed by atoms with E-state index in [2.05, 4.69) is 48.9 Å². The number of nitrogens with one attached hydrogen (secondary N) is 1. The van der Waals surface area contributed by atoms with Gasteiger partial charge >= 0.3 is 0 Å². The van der Waals surface area contributed by atoms with E-state index in [1.807, 2.05) is 25.1 Å². The second-order valence-corrected chi connectivity index (χ2v) is 7.72. The van der Waals surface area contributed by atoms with Crippen LogP contribution < -0.4 is 10.1 Å². The zero-order chi connectivity index (χ0) is 19.1. The van der Waals surface area contributed by atoms with Crippen molar-refractivity contribution in [1.29, 1.82) is 0 Å². The van der Waals surface area contributed by atoms with Crippen LogP contribution >= 0.6 is 23.1 Å². The van der Waals surface area contributed by atoms with Gasteiger partial charge < -0.3 is 10.1 Å². The number of nitrogens with zero attached hydrogens (tertiary/aromatic N) is 3. The van der Waals surface area contributed by atoms with Gasteiger partial charge in [-0.1, -0.05) is 12.1 Å². The summed E-state index contributed by atoms with van der Waals surface area (Å²) in [5.74, 6) is 0.566. The summed E-state index contributed by atoms with van der Waals surface area (Å²) in [5, 5.41) is 7.08. The van der Waals surface area contributed by atoms with Crippen LogP contribution in [0, 0.1) is 0 Å². The normalized spacial score (nSPS) is 12.1. The molecule has 6 nitrogen and oxygen atoms in total. The van der Waals surface area contributed by atoms with E-state index in [9.17, 15) is 4.79 Å². The summed E-state index contributed by atoms with van der Waals surface area (Å²) < 4.78 is 13.7. The number of amides is 1. The maximum atomic E-state index is 11.9. The molecular formula is C19H22N4O2S2. The molecule has 3 aromatic rings. The fourth-order valence-corrected chi connectivity index (χ4v) is 3.72. The van der Waals surface area contributed by atoms with E-state index < -0.39 is 0 Å². The van der Waals surface area contributed by atoms with Crippen molar-refractivity contribution in [3.63, 3.8) is 0 Å². The second kappa shape index (κ2) is 9.59. The molecule has 0 saturated carbocycles. The number of thiophene rings is 1. The molecule has 0 bridgehead atoms. The van der Waals surface area contributed by atoms with Crippen molar-refractivity contribution in [3.8, 4) is 5.75 Å². The van der Waals surface area contributed by atoms with Crippen LogP contribution in [0.5, 0.6) is 5.75 Å². The van der Waals surface area contributed by atoms with E-state index in [1.165, 1.54) is 17.3 Å². The summed E-state index contributed by atoms with van der Waals surface area (Å²) >= 11 is 2.74. The Morgan fingerprint density at radius 1 is 1.30 bits per heavy atom. The average molecular weight is 403 g/mol. The lowest BCUT2D eigenvalue weighted by atomic mass is 10.2. The molecule has 0 aliphatic carbocycles. The van der Waals surface area contributed by atoms with Gasteiger partial charge in [0.2, 0.25) is 0 Å². The fourth-order valence-electron chi connectivity index (χ4n) is 2.64. The van der Waals surface area contributed by atoms with Crippen LogP contribution in [0.1, 0.15) is 28.5 Å². The Hall–Kier alpha value is -2.29. The molecule has 0 fully saturated rings. The molecule has 8 heteroatoms. The molecule has 2 aromatic heterocycles. The number of carbonyl (C=O) groups is 1. The van der Waals surface area contributed by atoms with Gasteiger partial charge in [0, 0.05) is 13.1 Å². The summed E-state index contributed by atoms with van der Waals surface area (Å²) in [6.07, 6.45) is 1.31. The van der Waals surface area contributed by atoms with Gasteiger partial charge in [-0.3, -0.25) is 9.69 Å². The van der Waals surface area contributed by atoms with Crippen LogP contribution in [0.3, 0.4) is 0 Å². The predicted molar refractivity (Wildman–Crippen MR) is 108 cm³/mol.